The fraction of sp³-hybridized carbons (Fsp3) is 0.643. The van der Waals surface area contributed by atoms with Crippen molar-refractivity contribution >= 4 is 17.5 Å². The molecule has 1 aliphatic rings. The number of halogens is 1. The van der Waals surface area contributed by atoms with Gasteiger partial charge in [-0.3, -0.25) is 4.79 Å². The van der Waals surface area contributed by atoms with Gasteiger partial charge in [-0.25, -0.2) is 0 Å². The van der Waals surface area contributed by atoms with Gasteiger partial charge in [-0.05, 0) is 18.9 Å². The first-order chi connectivity index (χ1) is 8.77. The fourth-order valence-corrected chi connectivity index (χ4v) is 2.90. The third-order valence-corrected chi connectivity index (χ3v) is 3.82. The van der Waals surface area contributed by atoms with Crippen molar-refractivity contribution in [2.75, 3.05) is 12.4 Å². The molecule has 1 aliphatic carbocycles. The summed E-state index contributed by atoms with van der Waals surface area (Å²) in [5, 5.41) is 0. The van der Waals surface area contributed by atoms with Crippen LogP contribution in [0, 0.1) is 0 Å². The van der Waals surface area contributed by atoms with E-state index in [4.69, 9.17) is 16.0 Å². The van der Waals surface area contributed by atoms with Crippen LogP contribution in [0.25, 0.3) is 0 Å². The smallest absolute Gasteiger partial charge is 0.257 e. The van der Waals surface area contributed by atoms with Gasteiger partial charge in [0.1, 0.15) is 5.76 Å². The highest BCUT2D eigenvalue weighted by Crippen LogP contribution is 2.26. The maximum Gasteiger partial charge on any atom is 0.257 e. The molecular formula is C14H20ClNO2. The lowest BCUT2D eigenvalue weighted by Crippen LogP contribution is -2.40. The van der Waals surface area contributed by atoms with Crippen molar-refractivity contribution in [2.24, 2.45) is 0 Å². The van der Waals surface area contributed by atoms with Gasteiger partial charge in [0.25, 0.3) is 5.91 Å². The molecule has 1 fully saturated rings. The Morgan fingerprint density at radius 1 is 1.50 bits per heavy atom. The first-order valence-corrected chi connectivity index (χ1v) is 7.24. The highest BCUT2D eigenvalue weighted by Gasteiger charge is 2.28. The third-order valence-electron chi connectivity index (χ3n) is 3.65. The largest absolute Gasteiger partial charge is 0.469 e. The maximum absolute atomic E-state index is 12.6. The summed E-state index contributed by atoms with van der Waals surface area (Å²) in [6.45, 7) is 2.62. The Labute approximate surface area is 113 Å². The number of nitrogens with zero attached hydrogens (tertiary/aromatic N) is 1. The van der Waals surface area contributed by atoms with Crippen LogP contribution in [-0.4, -0.2) is 29.3 Å². The van der Waals surface area contributed by atoms with Crippen LogP contribution in [0.5, 0.6) is 0 Å². The number of carbonyl (C=O) groups excluding carboxylic acids is 1. The van der Waals surface area contributed by atoms with Gasteiger partial charge in [0, 0.05) is 24.9 Å². The number of alkyl halides is 1. The fourth-order valence-electron chi connectivity index (χ4n) is 2.72. The molecule has 0 unspecified atom stereocenters. The maximum atomic E-state index is 12.6. The van der Waals surface area contributed by atoms with Gasteiger partial charge in [-0.2, -0.15) is 0 Å². The lowest BCUT2D eigenvalue weighted by atomic mass is 10.1. The molecule has 1 heterocycles. The number of hydrogen-bond acceptors (Lipinski definition) is 2. The van der Waals surface area contributed by atoms with Crippen molar-refractivity contribution in [1.29, 1.82) is 0 Å². The van der Waals surface area contributed by atoms with Crippen LogP contribution < -0.4 is 0 Å². The highest BCUT2D eigenvalue weighted by molar-refractivity contribution is 6.18. The van der Waals surface area contributed by atoms with Crippen LogP contribution in [0.1, 0.15) is 48.7 Å². The number of amides is 1. The summed E-state index contributed by atoms with van der Waals surface area (Å²) in [5.41, 5.74) is 0.703. The van der Waals surface area contributed by atoms with Gasteiger partial charge in [0.05, 0.1) is 11.8 Å². The number of aryl methyl sites for hydroxylation is 1. The predicted molar refractivity (Wildman–Crippen MR) is 72.1 cm³/mol. The Hall–Kier alpha value is -0.960. The van der Waals surface area contributed by atoms with E-state index in [1.54, 1.807) is 12.3 Å². The molecule has 0 radical (unpaired) electrons. The van der Waals surface area contributed by atoms with Crippen molar-refractivity contribution in [3.8, 4) is 0 Å². The summed E-state index contributed by atoms with van der Waals surface area (Å²) in [5.74, 6) is 1.34. The molecular weight excluding hydrogens is 250 g/mol. The Morgan fingerprint density at radius 2 is 2.22 bits per heavy atom. The van der Waals surface area contributed by atoms with Gasteiger partial charge >= 0.3 is 0 Å². The first-order valence-electron chi connectivity index (χ1n) is 6.71. The standard InChI is InChI=1S/C14H20ClNO2/c1-2-13-12(7-10-18-13)14(17)16(9-8-15)11-5-3-4-6-11/h7,10-11H,2-6,8-9H2,1H3. The summed E-state index contributed by atoms with van der Waals surface area (Å²) < 4.78 is 5.35. The Balaban J connectivity index is 2.17. The van der Waals surface area contributed by atoms with Crippen molar-refractivity contribution in [3.05, 3.63) is 23.7 Å². The second kappa shape index (κ2) is 6.28. The number of carbonyl (C=O) groups is 1. The van der Waals surface area contributed by atoms with E-state index in [1.165, 1.54) is 12.8 Å². The minimum Gasteiger partial charge on any atom is -0.469 e. The topological polar surface area (TPSA) is 33.5 Å². The summed E-state index contributed by atoms with van der Waals surface area (Å²) >= 11 is 5.84. The normalized spacial score (nSPS) is 16.1. The van der Waals surface area contributed by atoms with Gasteiger partial charge < -0.3 is 9.32 Å². The minimum absolute atomic E-state index is 0.0770. The molecule has 18 heavy (non-hydrogen) atoms. The van der Waals surface area contributed by atoms with Crippen molar-refractivity contribution < 1.29 is 9.21 Å². The molecule has 4 heteroatoms. The van der Waals surface area contributed by atoms with E-state index in [2.05, 4.69) is 0 Å². The molecule has 0 saturated heterocycles. The number of hydrogen-bond donors (Lipinski definition) is 0. The van der Waals surface area contributed by atoms with E-state index < -0.39 is 0 Å². The van der Waals surface area contributed by atoms with E-state index in [-0.39, 0.29) is 5.91 Å². The number of rotatable bonds is 5. The van der Waals surface area contributed by atoms with Crippen LogP contribution in [0.2, 0.25) is 0 Å². The number of furan rings is 1. The molecule has 0 N–H and O–H groups in total. The lowest BCUT2D eigenvalue weighted by molar-refractivity contribution is 0.0693. The summed E-state index contributed by atoms with van der Waals surface area (Å²) in [4.78, 5) is 14.5. The Kier molecular flexibility index (Phi) is 4.70. The zero-order valence-corrected chi connectivity index (χ0v) is 11.6. The average molecular weight is 270 g/mol. The predicted octanol–water partition coefficient (Wildman–Crippen LogP) is 3.47. The van der Waals surface area contributed by atoms with E-state index in [0.29, 0.717) is 24.0 Å². The molecule has 3 nitrogen and oxygen atoms in total. The monoisotopic (exact) mass is 269 g/mol. The highest BCUT2D eigenvalue weighted by atomic mass is 35.5. The zero-order valence-electron chi connectivity index (χ0n) is 10.8. The Morgan fingerprint density at radius 3 is 2.83 bits per heavy atom. The molecule has 0 aromatic carbocycles. The molecule has 1 aromatic heterocycles. The van der Waals surface area contributed by atoms with E-state index >= 15 is 0 Å². The molecule has 0 bridgehead atoms. The molecule has 1 aromatic rings. The molecule has 100 valence electrons. The van der Waals surface area contributed by atoms with E-state index in [9.17, 15) is 4.79 Å². The van der Waals surface area contributed by atoms with Crippen molar-refractivity contribution in [1.82, 2.24) is 4.90 Å². The van der Waals surface area contributed by atoms with E-state index in [0.717, 1.165) is 25.0 Å². The van der Waals surface area contributed by atoms with Gasteiger partial charge in [-0.1, -0.05) is 19.8 Å². The molecule has 1 amide bonds. The van der Waals surface area contributed by atoms with Crippen LogP contribution in [0.3, 0.4) is 0 Å². The second-order valence-electron chi connectivity index (χ2n) is 4.74. The quantitative estimate of drug-likeness (QED) is 0.767. The molecule has 2 rings (SSSR count). The molecule has 1 saturated carbocycles. The molecule has 0 spiro atoms. The minimum atomic E-state index is 0.0770. The van der Waals surface area contributed by atoms with Crippen LogP contribution in [0.4, 0.5) is 0 Å². The van der Waals surface area contributed by atoms with Gasteiger partial charge in [-0.15, -0.1) is 11.6 Å². The average Bonchev–Trinajstić information content (AvgIpc) is 3.05. The van der Waals surface area contributed by atoms with Crippen LogP contribution in [-0.2, 0) is 6.42 Å². The van der Waals surface area contributed by atoms with Crippen molar-refractivity contribution in [3.63, 3.8) is 0 Å². The summed E-state index contributed by atoms with van der Waals surface area (Å²) in [6.07, 6.45) is 6.96. The summed E-state index contributed by atoms with van der Waals surface area (Å²) in [6, 6.07) is 2.13. The lowest BCUT2D eigenvalue weighted by Gasteiger charge is -2.28. The third kappa shape index (κ3) is 2.72. The van der Waals surface area contributed by atoms with Gasteiger partial charge in [0.15, 0.2) is 0 Å². The van der Waals surface area contributed by atoms with Crippen LogP contribution >= 0.6 is 11.6 Å². The summed E-state index contributed by atoms with van der Waals surface area (Å²) in [7, 11) is 0. The SMILES string of the molecule is CCc1occc1C(=O)N(CCCl)C1CCCC1. The first kappa shape index (κ1) is 13.5. The molecule has 0 aliphatic heterocycles. The molecule has 0 atom stereocenters. The zero-order chi connectivity index (χ0) is 13.0. The van der Waals surface area contributed by atoms with E-state index in [1.807, 2.05) is 11.8 Å². The van der Waals surface area contributed by atoms with Crippen molar-refractivity contribution in [2.45, 2.75) is 45.1 Å². The second-order valence-corrected chi connectivity index (χ2v) is 5.11. The Bertz CT molecular complexity index is 396. The van der Waals surface area contributed by atoms with Crippen LogP contribution in [0.15, 0.2) is 16.7 Å². The van der Waals surface area contributed by atoms with Gasteiger partial charge in [0.2, 0.25) is 0 Å².